The first-order valence-electron chi connectivity index (χ1n) is 14.9. The van der Waals surface area contributed by atoms with Gasteiger partial charge in [0.25, 0.3) is 5.67 Å². The van der Waals surface area contributed by atoms with E-state index in [-0.39, 0.29) is 42.5 Å². The maximum atomic E-state index is 16.2. The van der Waals surface area contributed by atoms with Gasteiger partial charge in [-0.15, -0.1) is 6.42 Å². The number of rotatable bonds is 16. The van der Waals surface area contributed by atoms with E-state index in [9.17, 15) is 9.59 Å². The average Bonchev–Trinajstić information content (AvgIpc) is 2.89. The predicted molar refractivity (Wildman–Crippen MR) is 157 cm³/mol. The third kappa shape index (κ3) is 9.49. The molecule has 0 aromatic carbocycles. The zero-order valence-corrected chi connectivity index (χ0v) is 29.5. The molecule has 1 aliphatic heterocycles. The summed E-state index contributed by atoms with van der Waals surface area (Å²) in [6, 6.07) is 0.199. The van der Waals surface area contributed by atoms with E-state index < -0.39 is 52.9 Å². The second kappa shape index (κ2) is 16.5. The van der Waals surface area contributed by atoms with Crippen LogP contribution < -0.4 is 0 Å². The smallest absolute Gasteiger partial charge is 0.459 e. The summed E-state index contributed by atoms with van der Waals surface area (Å²) in [6.45, 7) is 20.2. The van der Waals surface area contributed by atoms with Crippen LogP contribution in [0.4, 0.5) is 4.39 Å². The van der Waals surface area contributed by atoms with Crippen LogP contribution in [0.5, 0.6) is 0 Å². The molecule has 9 heteroatoms. The first kappa shape index (κ1) is 40.5. The molecule has 1 fully saturated rings. The van der Waals surface area contributed by atoms with Gasteiger partial charge in [-0.25, -0.2) is 9.18 Å². The fraction of sp³-hybridized carbons (Fsp3) is 0.875. The van der Waals surface area contributed by atoms with Crippen molar-refractivity contribution in [1.82, 2.24) is 4.90 Å². The van der Waals surface area contributed by atoms with Crippen LogP contribution in [0.25, 0.3) is 0 Å². The topological polar surface area (TPSA) is 74.3 Å². The molecular formula is C32H58FNO6V. The number of halogens is 1. The van der Waals surface area contributed by atoms with E-state index >= 15 is 4.39 Å². The molecule has 0 aromatic heterocycles. The molecular weight excluding hydrogens is 564 g/mol. The van der Waals surface area contributed by atoms with Crippen molar-refractivity contribution < 1.29 is 51.5 Å². The number of alkyl halides is 1. The van der Waals surface area contributed by atoms with Crippen LogP contribution in [0.15, 0.2) is 0 Å². The number of hydrogen-bond acceptors (Lipinski definition) is 7. The van der Waals surface area contributed by atoms with Crippen LogP contribution in [-0.2, 0) is 47.1 Å². The second-order valence-electron chi connectivity index (χ2n) is 13.0. The molecule has 1 heterocycles. The minimum atomic E-state index is -2.87. The van der Waals surface area contributed by atoms with Crippen molar-refractivity contribution in [1.29, 1.82) is 0 Å². The van der Waals surface area contributed by atoms with Crippen molar-refractivity contribution in [2.45, 2.75) is 137 Å². The van der Waals surface area contributed by atoms with Crippen molar-refractivity contribution in [2.75, 3.05) is 21.2 Å². The molecule has 239 valence electrons. The number of esters is 1. The Morgan fingerprint density at radius 3 is 2.12 bits per heavy atom. The zero-order chi connectivity index (χ0) is 31.2. The first-order chi connectivity index (χ1) is 18.3. The van der Waals surface area contributed by atoms with Gasteiger partial charge in [0, 0.05) is 25.0 Å². The summed E-state index contributed by atoms with van der Waals surface area (Å²) < 4.78 is 40.7. The predicted octanol–water partition coefficient (Wildman–Crippen LogP) is 6.23. The summed E-state index contributed by atoms with van der Waals surface area (Å²) in [5, 5.41) is 0. The van der Waals surface area contributed by atoms with E-state index in [1.54, 1.807) is 14.0 Å². The molecule has 1 aliphatic rings. The molecule has 0 amide bonds. The third-order valence-electron chi connectivity index (χ3n) is 9.43. The maximum Gasteiger partial charge on any atom is 2.00 e. The standard InChI is InChI=1S/C32H58FNO6.V/c1-15-18-31(10,37-14)27(40-28-22(6)24(34(12)13)19-21(5)38-28)23(7)26(35)32(11,33)29(36)39-25(17-3)30(8,9)20(4)16-2;/h15-16,20-25,27-28H,17-19H2,1-14H3;/q-2;+2/t20-,21-,22-,23+,24+,25-,27-,28+,31+,32+;/m1./s1. The summed E-state index contributed by atoms with van der Waals surface area (Å²) in [5.74, 6) is -3.01. The summed E-state index contributed by atoms with van der Waals surface area (Å²) in [4.78, 5) is 29.2. The Balaban J connectivity index is 0.0000160. The van der Waals surface area contributed by atoms with E-state index in [0.29, 0.717) is 12.8 Å². The largest absolute Gasteiger partial charge is 2.00 e. The van der Waals surface area contributed by atoms with E-state index in [4.69, 9.17) is 18.9 Å². The van der Waals surface area contributed by atoms with E-state index in [1.165, 1.54) is 0 Å². The number of nitrogens with zero attached hydrogens (tertiary/aromatic N) is 1. The molecule has 1 rings (SSSR count). The number of ketones is 1. The van der Waals surface area contributed by atoms with Gasteiger partial charge in [0.05, 0.1) is 17.8 Å². The fourth-order valence-corrected chi connectivity index (χ4v) is 6.03. The molecule has 0 unspecified atom stereocenters. The van der Waals surface area contributed by atoms with Crippen LogP contribution in [-0.4, -0.2) is 79.8 Å². The monoisotopic (exact) mass is 622 g/mol. The van der Waals surface area contributed by atoms with Gasteiger partial charge >= 0.3 is 24.5 Å². The number of carbonyl (C=O) groups is 2. The van der Waals surface area contributed by atoms with Gasteiger partial charge in [-0.1, -0.05) is 41.5 Å². The summed E-state index contributed by atoms with van der Waals surface area (Å²) in [6.07, 6.45) is 3.60. The Morgan fingerprint density at radius 2 is 1.68 bits per heavy atom. The van der Waals surface area contributed by atoms with Crippen molar-refractivity contribution in [2.24, 2.45) is 23.2 Å². The summed E-state index contributed by atoms with van der Waals surface area (Å²) in [7, 11) is 5.60. The normalized spacial score (nSPS) is 27.5. The minimum Gasteiger partial charge on any atom is -0.459 e. The van der Waals surface area contributed by atoms with Crippen LogP contribution in [0.3, 0.4) is 0 Å². The Bertz CT molecular complexity index is 824. The van der Waals surface area contributed by atoms with Gasteiger partial charge < -0.3 is 36.7 Å². The maximum absolute atomic E-state index is 16.2. The molecule has 1 radical (unpaired) electrons. The molecule has 0 spiro atoms. The molecule has 0 aliphatic carbocycles. The van der Waals surface area contributed by atoms with Gasteiger partial charge in [0.1, 0.15) is 6.10 Å². The Labute approximate surface area is 262 Å². The van der Waals surface area contributed by atoms with Crippen molar-refractivity contribution in [3.63, 3.8) is 0 Å². The Kier molecular flexibility index (Phi) is 16.3. The molecule has 1 saturated heterocycles. The molecule has 0 aromatic rings. The van der Waals surface area contributed by atoms with Gasteiger partial charge in [-0.2, -0.15) is 19.8 Å². The van der Waals surface area contributed by atoms with E-state index in [1.807, 2.05) is 82.3 Å². The molecule has 41 heavy (non-hydrogen) atoms. The molecule has 7 nitrogen and oxygen atoms in total. The van der Waals surface area contributed by atoms with Gasteiger partial charge in [-0.3, -0.25) is 4.79 Å². The minimum absolute atomic E-state index is 0. The van der Waals surface area contributed by atoms with E-state index in [0.717, 1.165) is 13.3 Å². The van der Waals surface area contributed by atoms with Crippen LogP contribution in [0, 0.1) is 36.0 Å². The molecule has 0 N–H and O–H groups in total. The van der Waals surface area contributed by atoms with Crippen molar-refractivity contribution in [3.05, 3.63) is 12.8 Å². The quantitative estimate of drug-likeness (QED) is 0.115. The average molecular weight is 623 g/mol. The molecule has 10 atom stereocenters. The zero-order valence-electron chi connectivity index (χ0n) is 28.1. The third-order valence-corrected chi connectivity index (χ3v) is 9.43. The van der Waals surface area contributed by atoms with Crippen LogP contribution in [0.1, 0.15) is 95.4 Å². The van der Waals surface area contributed by atoms with Crippen molar-refractivity contribution >= 4 is 11.8 Å². The van der Waals surface area contributed by atoms with Crippen LogP contribution in [0.2, 0.25) is 0 Å². The SMILES string of the molecule is C[CH-]C[C@](C)(OC)[C@H](O[C@@H]1O[C@H](C)C[C@H](N(C)C)[C@H]1C)[C@@H](C)C(=O)[C@](C)(F)C(=O)O[C@H](CC)C(C)(C)[C@H](C)[CH-]C.[V+2]. The fourth-order valence-electron chi connectivity index (χ4n) is 6.03. The van der Waals surface area contributed by atoms with Gasteiger partial charge in [-0.05, 0) is 53.1 Å². The number of Topliss-reactive ketones (excluding diaryl/α,β-unsaturated/α-hetero) is 1. The molecule has 0 bridgehead atoms. The number of carbonyl (C=O) groups excluding carboxylic acids is 2. The number of ether oxygens (including phenoxy) is 4. The molecule has 0 saturated carbocycles. The number of methoxy groups -OCH3 is 1. The van der Waals surface area contributed by atoms with Crippen LogP contribution >= 0.6 is 0 Å². The number of hydrogen-bond donors (Lipinski definition) is 0. The van der Waals surface area contributed by atoms with Gasteiger partial charge in [0.2, 0.25) is 0 Å². The summed E-state index contributed by atoms with van der Waals surface area (Å²) in [5.41, 5.74) is -4.27. The Morgan fingerprint density at radius 1 is 1.12 bits per heavy atom. The first-order valence-corrected chi connectivity index (χ1v) is 14.9. The van der Waals surface area contributed by atoms with E-state index in [2.05, 4.69) is 11.8 Å². The van der Waals surface area contributed by atoms with Crippen molar-refractivity contribution in [3.8, 4) is 0 Å². The second-order valence-corrected chi connectivity index (χ2v) is 13.0. The van der Waals surface area contributed by atoms with Gasteiger partial charge in [0.15, 0.2) is 12.1 Å². The Hall–Kier alpha value is -0.506. The summed E-state index contributed by atoms with van der Waals surface area (Å²) >= 11 is 0.